The average molecular weight is 529 g/mol. The number of halogens is 1. The van der Waals surface area contributed by atoms with Gasteiger partial charge in [-0.25, -0.2) is 0 Å². The lowest BCUT2D eigenvalue weighted by molar-refractivity contribution is -0.192. The van der Waals surface area contributed by atoms with Gasteiger partial charge in [-0.15, -0.1) is 0 Å². The molecule has 0 spiro atoms. The summed E-state index contributed by atoms with van der Waals surface area (Å²) in [5, 5.41) is 43.5. The molecule has 0 radical (unpaired) electrons. The number of aliphatic hydroxyl groups excluding tert-OH is 2. The number of alkyl halides is 1. The molecule has 172 valence electrons. The van der Waals surface area contributed by atoms with Gasteiger partial charge in [0.2, 0.25) is 0 Å². The van der Waals surface area contributed by atoms with Gasteiger partial charge >= 0.3 is 5.97 Å². The molecule has 1 aliphatic rings. The number of rotatable bonds is 1. The topological polar surface area (TPSA) is 110 Å². The van der Waals surface area contributed by atoms with Crippen molar-refractivity contribution in [2.24, 2.45) is 17.8 Å². The summed E-state index contributed by atoms with van der Waals surface area (Å²) in [6.45, 7) is 11.1. The van der Waals surface area contributed by atoms with E-state index in [2.05, 4.69) is 0 Å². The fourth-order valence-electron chi connectivity index (χ4n) is 4.37. The molecule has 0 amide bonds. The number of carbonyl (C=O) groups excluding carboxylic acids is 1. The molecule has 0 aromatic carbocycles. The molecule has 1 rings (SSSR count). The molecule has 1 fully saturated rings. The number of hydrogen-bond acceptors (Lipinski definition) is 7. The number of hydrogen-bond donors (Lipinski definition) is 4. The third-order valence-corrected chi connectivity index (χ3v) is 7.28. The van der Waals surface area contributed by atoms with Gasteiger partial charge < -0.3 is 30.1 Å². The molecule has 1 unspecified atom stereocenters. The van der Waals surface area contributed by atoms with Crippen LogP contribution in [0, 0.1) is 17.8 Å². The molecule has 1 saturated heterocycles. The largest absolute Gasteiger partial charge is 0.459 e. The van der Waals surface area contributed by atoms with E-state index in [9.17, 15) is 25.2 Å². The van der Waals surface area contributed by atoms with Gasteiger partial charge in [0.1, 0.15) is 21.4 Å². The van der Waals surface area contributed by atoms with Gasteiger partial charge in [-0.2, -0.15) is 0 Å². The molecule has 4 N–H and O–H groups in total. The smallest absolute Gasteiger partial charge is 0.311 e. The Morgan fingerprint density at radius 3 is 2.24 bits per heavy atom. The standard InChI is InChI=1S/C21H40INO6/c1-8-16-20(6,27)18(25)15(5)23(7)11-12(2)9-21(22,28)10-13(3)17(24)14(4)19(26)29-16/h12-18,24-25,27-28H,8-11H2,1-7H3/t12-,13-,14-,15-,16-,17?,18-,20-,21-/m1/s1. The number of ether oxygens (including phenoxy) is 1. The van der Waals surface area contributed by atoms with Crippen molar-refractivity contribution in [2.75, 3.05) is 13.6 Å². The van der Waals surface area contributed by atoms with E-state index >= 15 is 0 Å². The number of cyclic esters (lactones) is 1. The Bertz CT molecular complexity index is 543. The van der Waals surface area contributed by atoms with E-state index < -0.39 is 45.4 Å². The van der Waals surface area contributed by atoms with Crippen molar-refractivity contribution < 1.29 is 30.0 Å². The van der Waals surface area contributed by atoms with Crippen LogP contribution in [-0.2, 0) is 9.53 Å². The monoisotopic (exact) mass is 529 g/mol. The zero-order chi connectivity index (χ0) is 22.7. The highest BCUT2D eigenvalue weighted by Crippen LogP contribution is 2.35. The minimum absolute atomic E-state index is 0.119. The summed E-state index contributed by atoms with van der Waals surface area (Å²) in [5.41, 5.74) is -1.65. The predicted molar refractivity (Wildman–Crippen MR) is 121 cm³/mol. The van der Waals surface area contributed by atoms with Crippen molar-refractivity contribution in [1.82, 2.24) is 4.90 Å². The van der Waals surface area contributed by atoms with Crippen molar-refractivity contribution in [2.45, 2.75) is 94.4 Å². The second-order valence-electron chi connectivity index (χ2n) is 9.37. The van der Waals surface area contributed by atoms with Crippen LogP contribution in [0.25, 0.3) is 0 Å². The first-order valence-electron chi connectivity index (χ1n) is 10.5. The fraction of sp³-hybridized carbons (Fsp3) is 0.952. The van der Waals surface area contributed by atoms with Crippen LogP contribution in [0.5, 0.6) is 0 Å². The summed E-state index contributed by atoms with van der Waals surface area (Å²) in [4.78, 5) is 14.6. The van der Waals surface area contributed by atoms with E-state index in [1.165, 1.54) is 6.92 Å². The van der Waals surface area contributed by atoms with Gasteiger partial charge in [0.05, 0.1) is 12.0 Å². The molecule has 1 heterocycles. The molecule has 0 aromatic heterocycles. The Balaban J connectivity index is 3.28. The second-order valence-corrected chi connectivity index (χ2v) is 11.4. The molecule has 29 heavy (non-hydrogen) atoms. The summed E-state index contributed by atoms with van der Waals surface area (Å²) in [5.74, 6) is -1.64. The summed E-state index contributed by atoms with van der Waals surface area (Å²) in [6.07, 6.45) is -1.87. The summed E-state index contributed by atoms with van der Waals surface area (Å²) in [6, 6.07) is -0.394. The predicted octanol–water partition coefficient (Wildman–Crippen LogP) is 1.93. The summed E-state index contributed by atoms with van der Waals surface area (Å²) >= 11 is 2.01. The molecule has 0 aliphatic carbocycles. The highest BCUT2D eigenvalue weighted by molar-refractivity contribution is 14.1. The van der Waals surface area contributed by atoms with Gasteiger partial charge in [0.15, 0.2) is 0 Å². The van der Waals surface area contributed by atoms with Gasteiger partial charge in [-0.3, -0.25) is 4.79 Å². The highest BCUT2D eigenvalue weighted by atomic mass is 127. The lowest BCUT2D eigenvalue weighted by atomic mass is 9.86. The molecular weight excluding hydrogens is 489 g/mol. The molecule has 7 nitrogen and oxygen atoms in total. The van der Waals surface area contributed by atoms with Crippen molar-refractivity contribution in [3.63, 3.8) is 0 Å². The molecule has 0 aromatic rings. The minimum atomic E-state index is -1.65. The van der Waals surface area contributed by atoms with Crippen LogP contribution < -0.4 is 0 Å². The SMILES string of the molecule is CC[C@H]1OC(=O)[C@H](C)C(O)[C@H](C)C[C@@](O)(I)C[C@@H](C)CN(C)[C@H](C)[C@@H](O)[C@]1(C)O. The number of aliphatic hydroxyl groups is 4. The fourth-order valence-corrected chi connectivity index (χ4v) is 5.82. The maximum absolute atomic E-state index is 12.7. The van der Waals surface area contributed by atoms with Gasteiger partial charge in [0.25, 0.3) is 0 Å². The van der Waals surface area contributed by atoms with Crippen LogP contribution in [-0.4, -0.2) is 78.5 Å². The maximum atomic E-state index is 12.7. The first-order chi connectivity index (χ1) is 13.1. The number of esters is 1. The van der Waals surface area contributed by atoms with E-state index in [0.717, 1.165) is 0 Å². The third kappa shape index (κ3) is 7.00. The molecule has 0 saturated carbocycles. The molecule has 9 atom stereocenters. The Labute approximate surface area is 189 Å². The molecule has 1 aliphatic heterocycles. The Kier molecular flexibility index (Phi) is 9.83. The Hall–Kier alpha value is -0.000000000000000125. The number of likely N-dealkylation sites (N-methyl/N-ethyl adjacent to an activating group) is 1. The van der Waals surface area contributed by atoms with Crippen molar-refractivity contribution in [3.8, 4) is 0 Å². The summed E-state index contributed by atoms with van der Waals surface area (Å²) < 4.78 is 4.53. The zero-order valence-corrected chi connectivity index (χ0v) is 21.0. The Morgan fingerprint density at radius 2 is 1.72 bits per heavy atom. The Morgan fingerprint density at radius 1 is 1.17 bits per heavy atom. The van der Waals surface area contributed by atoms with Crippen LogP contribution in [0.1, 0.15) is 60.8 Å². The van der Waals surface area contributed by atoms with E-state index in [4.69, 9.17) is 4.74 Å². The first kappa shape index (κ1) is 27.0. The van der Waals surface area contributed by atoms with Crippen LogP contribution in [0.3, 0.4) is 0 Å². The number of nitrogens with zero attached hydrogens (tertiary/aromatic N) is 1. The lowest BCUT2D eigenvalue weighted by Crippen LogP contribution is -2.59. The van der Waals surface area contributed by atoms with E-state index in [1.807, 2.05) is 55.3 Å². The van der Waals surface area contributed by atoms with E-state index in [1.54, 1.807) is 13.8 Å². The van der Waals surface area contributed by atoms with Crippen LogP contribution in [0.2, 0.25) is 0 Å². The lowest BCUT2D eigenvalue weighted by Gasteiger charge is -2.42. The van der Waals surface area contributed by atoms with Gasteiger partial charge in [0, 0.05) is 12.6 Å². The molecule has 0 bridgehead atoms. The minimum Gasteiger partial charge on any atom is -0.459 e. The van der Waals surface area contributed by atoms with Crippen LogP contribution in [0.15, 0.2) is 0 Å². The maximum Gasteiger partial charge on any atom is 0.311 e. The van der Waals surface area contributed by atoms with Crippen LogP contribution >= 0.6 is 22.6 Å². The third-order valence-electron chi connectivity index (χ3n) is 6.39. The molecular formula is C21H40INO6. The van der Waals surface area contributed by atoms with Gasteiger partial charge in [-0.05, 0) is 81.5 Å². The number of carbonyl (C=O) groups is 1. The highest BCUT2D eigenvalue weighted by Gasteiger charge is 2.45. The quantitative estimate of drug-likeness (QED) is 0.234. The second kappa shape index (κ2) is 10.5. The van der Waals surface area contributed by atoms with E-state index in [-0.39, 0.29) is 11.8 Å². The first-order valence-corrected chi connectivity index (χ1v) is 11.6. The van der Waals surface area contributed by atoms with Gasteiger partial charge in [-0.1, -0.05) is 20.8 Å². The summed E-state index contributed by atoms with van der Waals surface area (Å²) in [7, 11) is 1.87. The normalized spacial score (nSPS) is 47.2. The van der Waals surface area contributed by atoms with Crippen molar-refractivity contribution >= 4 is 28.6 Å². The zero-order valence-electron chi connectivity index (χ0n) is 18.8. The van der Waals surface area contributed by atoms with E-state index in [0.29, 0.717) is 25.8 Å². The molecule has 8 heteroatoms. The van der Waals surface area contributed by atoms with Crippen molar-refractivity contribution in [3.05, 3.63) is 0 Å². The average Bonchev–Trinajstić information content (AvgIpc) is 2.60. The van der Waals surface area contributed by atoms with Crippen LogP contribution in [0.4, 0.5) is 0 Å². The van der Waals surface area contributed by atoms with Crippen molar-refractivity contribution in [1.29, 1.82) is 0 Å².